The van der Waals surface area contributed by atoms with Gasteiger partial charge in [0.2, 0.25) is 23.6 Å². The number of nitrogen functional groups attached to an aromatic ring is 1. The van der Waals surface area contributed by atoms with Crippen LogP contribution in [0.25, 0.3) is 0 Å². The fourth-order valence-electron chi connectivity index (χ4n) is 4.53. The molecule has 2 aromatic rings. The van der Waals surface area contributed by atoms with Crippen molar-refractivity contribution in [3.8, 4) is 0 Å². The standard InChI is InChI=1S/C31H45FN12O4/c1-16(2)25(44-28(47)23(41-17(3)45)5-4-12-39-30(35)36)29(48)43-24(13-18-6-10-21(11-7-18)42-31(37)38)27(46)40-15-20-9-8-19(26(33)34)14-22(20)32/h6-11,14,16,23-25H,4-5,12-13,15H2,1-3H3,(H3,33,34)(H,40,46)(H,41,45)(H,43,48)(H,44,47)(H4,35,36,39)(H4,37,38,42)/t23-,24-,25-/m0/s1. The molecule has 0 aliphatic rings. The van der Waals surface area contributed by atoms with Crippen LogP contribution in [0.4, 0.5) is 10.1 Å². The second-order valence-electron chi connectivity index (χ2n) is 11.3. The minimum Gasteiger partial charge on any atom is -0.384 e. The second kappa shape index (κ2) is 18.4. The lowest BCUT2D eigenvalue weighted by molar-refractivity contribution is -0.134. The SMILES string of the molecule is CC(=O)N[C@@H](CCCN=C(N)N)C(=O)N[C@H](C(=O)N[C@@H](Cc1ccc(N=C(N)N)cc1)C(=O)NCc1ccc(C(=N)N)cc1F)C(C)C. The number of nitrogens with one attached hydrogen (secondary N) is 5. The van der Waals surface area contributed by atoms with Crippen molar-refractivity contribution >= 4 is 47.1 Å². The number of nitrogens with zero attached hydrogens (tertiary/aromatic N) is 2. The van der Waals surface area contributed by atoms with E-state index >= 15 is 0 Å². The zero-order valence-corrected chi connectivity index (χ0v) is 27.2. The van der Waals surface area contributed by atoms with Gasteiger partial charge in [-0.2, -0.15) is 0 Å². The predicted molar refractivity (Wildman–Crippen MR) is 181 cm³/mol. The maximum Gasteiger partial charge on any atom is 0.243 e. The van der Waals surface area contributed by atoms with E-state index < -0.39 is 53.5 Å². The van der Waals surface area contributed by atoms with E-state index in [2.05, 4.69) is 31.3 Å². The lowest BCUT2D eigenvalue weighted by Crippen LogP contribution is -2.58. The van der Waals surface area contributed by atoms with E-state index in [4.69, 9.17) is 34.1 Å². The molecule has 0 saturated heterocycles. The smallest absolute Gasteiger partial charge is 0.243 e. The molecule has 0 spiro atoms. The fourth-order valence-corrected chi connectivity index (χ4v) is 4.53. The first kappa shape index (κ1) is 38.4. The van der Waals surface area contributed by atoms with Gasteiger partial charge >= 0.3 is 0 Å². The summed E-state index contributed by atoms with van der Waals surface area (Å²) in [6.45, 7) is 4.69. The van der Waals surface area contributed by atoms with Gasteiger partial charge in [0, 0.05) is 37.6 Å². The highest BCUT2D eigenvalue weighted by atomic mass is 19.1. The van der Waals surface area contributed by atoms with Gasteiger partial charge in [-0.3, -0.25) is 29.6 Å². The maximum atomic E-state index is 14.7. The molecule has 0 fully saturated rings. The van der Waals surface area contributed by atoms with Gasteiger partial charge in [-0.1, -0.05) is 38.1 Å². The molecule has 0 aromatic heterocycles. The summed E-state index contributed by atoms with van der Waals surface area (Å²) in [5.41, 5.74) is 28.4. The van der Waals surface area contributed by atoms with Crippen LogP contribution in [-0.2, 0) is 32.1 Å². The Morgan fingerprint density at radius 1 is 0.854 bits per heavy atom. The van der Waals surface area contributed by atoms with Crippen molar-refractivity contribution in [3.63, 3.8) is 0 Å². The van der Waals surface area contributed by atoms with Crippen LogP contribution in [-0.4, -0.2) is 66.1 Å². The first-order chi connectivity index (χ1) is 22.6. The van der Waals surface area contributed by atoms with E-state index in [1.54, 1.807) is 38.1 Å². The van der Waals surface area contributed by atoms with Crippen molar-refractivity contribution in [1.82, 2.24) is 21.3 Å². The average molecular weight is 669 g/mol. The van der Waals surface area contributed by atoms with Crippen LogP contribution in [0.3, 0.4) is 0 Å². The topological polar surface area (TPSA) is 295 Å². The third-order valence-electron chi connectivity index (χ3n) is 6.97. The molecule has 15 N–H and O–H groups in total. The van der Waals surface area contributed by atoms with Crippen LogP contribution in [0.2, 0.25) is 0 Å². The fraction of sp³-hybridized carbons (Fsp3) is 0.387. The number of benzene rings is 2. The van der Waals surface area contributed by atoms with E-state index in [1.807, 2.05) is 0 Å². The molecule has 48 heavy (non-hydrogen) atoms. The summed E-state index contributed by atoms with van der Waals surface area (Å²) in [7, 11) is 0. The molecule has 0 bridgehead atoms. The number of carbonyl (C=O) groups is 4. The number of amidine groups is 1. The largest absolute Gasteiger partial charge is 0.384 e. The van der Waals surface area contributed by atoms with Crippen LogP contribution in [0, 0.1) is 17.1 Å². The zero-order valence-electron chi connectivity index (χ0n) is 27.2. The molecule has 260 valence electrons. The molecule has 0 heterocycles. The van der Waals surface area contributed by atoms with E-state index in [0.717, 1.165) is 6.07 Å². The molecular formula is C31H45FN12O4. The number of amides is 4. The summed E-state index contributed by atoms with van der Waals surface area (Å²) in [6.07, 6.45) is 0.583. The van der Waals surface area contributed by atoms with Gasteiger partial charge in [0.05, 0.1) is 5.69 Å². The Balaban J connectivity index is 2.28. The van der Waals surface area contributed by atoms with Gasteiger partial charge in [0.1, 0.15) is 29.8 Å². The number of aliphatic imine (C=N–C) groups is 2. The van der Waals surface area contributed by atoms with Gasteiger partial charge in [-0.05, 0) is 42.5 Å². The Labute approximate surface area is 278 Å². The van der Waals surface area contributed by atoms with Crippen LogP contribution in [0.1, 0.15) is 50.3 Å². The van der Waals surface area contributed by atoms with Crippen LogP contribution in [0.15, 0.2) is 52.4 Å². The van der Waals surface area contributed by atoms with Crippen LogP contribution >= 0.6 is 0 Å². The molecule has 2 aromatic carbocycles. The Kier molecular flexibility index (Phi) is 14.8. The van der Waals surface area contributed by atoms with Crippen molar-refractivity contribution < 1.29 is 23.6 Å². The monoisotopic (exact) mass is 668 g/mol. The summed E-state index contributed by atoms with van der Waals surface area (Å²) in [6, 6.07) is 7.33. The van der Waals surface area contributed by atoms with Crippen LogP contribution in [0.5, 0.6) is 0 Å². The molecular weight excluding hydrogens is 623 g/mol. The molecule has 0 saturated carbocycles. The van der Waals surface area contributed by atoms with Gasteiger partial charge in [-0.25, -0.2) is 9.38 Å². The molecule has 0 aliphatic heterocycles. The molecule has 2 rings (SSSR count). The summed E-state index contributed by atoms with van der Waals surface area (Å²) in [5, 5.41) is 18.1. The van der Waals surface area contributed by atoms with Crippen LogP contribution < -0.4 is 49.9 Å². The molecule has 3 atom stereocenters. The normalized spacial score (nSPS) is 12.5. The van der Waals surface area contributed by atoms with Crippen molar-refractivity contribution in [2.24, 2.45) is 44.6 Å². The third-order valence-corrected chi connectivity index (χ3v) is 6.97. The quantitative estimate of drug-likeness (QED) is 0.0564. The number of carbonyl (C=O) groups excluding carboxylic acids is 4. The third kappa shape index (κ3) is 12.9. The van der Waals surface area contributed by atoms with Gasteiger partial charge in [0.15, 0.2) is 11.9 Å². The number of nitrogens with two attached hydrogens (primary N) is 5. The van der Waals surface area contributed by atoms with E-state index in [-0.39, 0.29) is 54.8 Å². The van der Waals surface area contributed by atoms with Crippen molar-refractivity contribution in [3.05, 3.63) is 65.0 Å². The highest BCUT2D eigenvalue weighted by molar-refractivity contribution is 5.95. The van der Waals surface area contributed by atoms with Gasteiger partial charge in [-0.15, -0.1) is 0 Å². The van der Waals surface area contributed by atoms with Crippen molar-refractivity contribution in [2.45, 2.75) is 64.7 Å². The highest BCUT2D eigenvalue weighted by Gasteiger charge is 2.31. The minimum absolute atomic E-state index is 0.0174. The molecule has 16 nitrogen and oxygen atoms in total. The van der Waals surface area contributed by atoms with E-state index in [0.29, 0.717) is 17.7 Å². The number of hydrogen-bond donors (Lipinski definition) is 10. The van der Waals surface area contributed by atoms with E-state index in [1.165, 1.54) is 19.1 Å². The highest BCUT2D eigenvalue weighted by Crippen LogP contribution is 2.15. The average Bonchev–Trinajstić information content (AvgIpc) is 3.00. The summed E-state index contributed by atoms with van der Waals surface area (Å²) < 4.78 is 14.7. The molecule has 0 unspecified atom stereocenters. The Bertz CT molecular complexity index is 1520. The molecule has 17 heteroatoms. The number of rotatable bonds is 17. The summed E-state index contributed by atoms with van der Waals surface area (Å²) in [5.74, 6) is -3.98. The number of halogens is 1. The minimum atomic E-state index is -1.16. The molecule has 0 radical (unpaired) electrons. The Morgan fingerprint density at radius 3 is 2.06 bits per heavy atom. The summed E-state index contributed by atoms with van der Waals surface area (Å²) >= 11 is 0. The number of guanidine groups is 2. The number of hydrogen-bond acceptors (Lipinski definition) is 7. The maximum absolute atomic E-state index is 14.7. The van der Waals surface area contributed by atoms with Gasteiger partial charge in [0.25, 0.3) is 0 Å². The van der Waals surface area contributed by atoms with Crippen molar-refractivity contribution in [1.29, 1.82) is 5.41 Å². The lowest BCUT2D eigenvalue weighted by Gasteiger charge is -2.27. The first-order valence-electron chi connectivity index (χ1n) is 15.1. The Morgan fingerprint density at radius 2 is 1.52 bits per heavy atom. The lowest BCUT2D eigenvalue weighted by atomic mass is 10.00. The van der Waals surface area contributed by atoms with Crippen molar-refractivity contribution in [2.75, 3.05) is 6.54 Å². The summed E-state index contributed by atoms with van der Waals surface area (Å²) in [4.78, 5) is 60.0. The molecule has 4 amide bonds. The predicted octanol–water partition coefficient (Wildman–Crippen LogP) is -0.943. The first-order valence-corrected chi connectivity index (χ1v) is 15.1. The van der Waals surface area contributed by atoms with Gasteiger partial charge < -0.3 is 49.9 Å². The second-order valence-corrected chi connectivity index (χ2v) is 11.3. The Hall–Kier alpha value is -5.74. The molecule has 0 aliphatic carbocycles. The zero-order chi connectivity index (χ0) is 36.0. The van der Waals surface area contributed by atoms with E-state index in [9.17, 15) is 23.6 Å².